The van der Waals surface area contributed by atoms with E-state index in [1.165, 1.54) is 27.1 Å². The summed E-state index contributed by atoms with van der Waals surface area (Å²) in [6.07, 6.45) is 0. The zero-order valence-corrected chi connectivity index (χ0v) is 32.1. The first kappa shape index (κ1) is 34.3. The maximum Gasteiger partial charge on any atom is 0.164 e. The summed E-state index contributed by atoms with van der Waals surface area (Å²) in [5.41, 5.74) is 12.8. The third kappa shape index (κ3) is 6.15. The third-order valence-corrected chi connectivity index (χ3v) is 11.3. The van der Waals surface area contributed by atoms with Gasteiger partial charge in [-0.2, -0.15) is 0 Å². The van der Waals surface area contributed by atoms with Gasteiger partial charge < -0.3 is 4.57 Å². The van der Waals surface area contributed by atoms with Crippen LogP contribution in [0.15, 0.2) is 218 Å². The summed E-state index contributed by atoms with van der Waals surface area (Å²) in [4.78, 5) is 15.8. The maximum absolute atomic E-state index is 5.32. The van der Waals surface area contributed by atoms with Gasteiger partial charge in [-0.1, -0.05) is 200 Å². The van der Waals surface area contributed by atoms with E-state index in [0.717, 1.165) is 61.2 Å². The zero-order chi connectivity index (χ0) is 39.1. The molecule has 0 saturated carbocycles. The summed E-state index contributed by atoms with van der Waals surface area (Å²) in [5, 5.41) is 4.81. The van der Waals surface area contributed by atoms with E-state index >= 15 is 0 Å². The molecule has 0 N–H and O–H groups in total. The number of fused-ring (bicyclic) bond motifs is 4. The molecule has 0 aliphatic rings. The van der Waals surface area contributed by atoms with Crippen LogP contribution in [-0.4, -0.2) is 19.5 Å². The number of hydrogen-bond acceptors (Lipinski definition) is 3. The highest BCUT2D eigenvalue weighted by molar-refractivity contribution is 6.10. The molecule has 2 aromatic heterocycles. The molecule has 0 atom stereocenters. The fraction of sp³-hybridized carbons (Fsp3) is 0. The lowest BCUT2D eigenvalue weighted by molar-refractivity contribution is 1.07. The van der Waals surface area contributed by atoms with Crippen molar-refractivity contribution in [3.63, 3.8) is 0 Å². The minimum absolute atomic E-state index is 0.603. The number of hydrogen-bond donors (Lipinski definition) is 0. The van der Waals surface area contributed by atoms with Crippen molar-refractivity contribution in [1.82, 2.24) is 19.5 Å². The van der Waals surface area contributed by atoms with E-state index in [1.54, 1.807) is 0 Å². The van der Waals surface area contributed by atoms with Gasteiger partial charge in [-0.25, -0.2) is 15.0 Å². The number of benzene rings is 9. The lowest BCUT2D eigenvalue weighted by atomic mass is 9.95. The van der Waals surface area contributed by atoms with Gasteiger partial charge >= 0.3 is 0 Å². The van der Waals surface area contributed by atoms with E-state index in [2.05, 4.69) is 211 Å². The number of aromatic nitrogens is 4. The summed E-state index contributed by atoms with van der Waals surface area (Å²) in [5.74, 6) is 1.84. The van der Waals surface area contributed by atoms with Crippen LogP contribution in [-0.2, 0) is 0 Å². The van der Waals surface area contributed by atoms with Crippen molar-refractivity contribution >= 4 is 32.6 Å². The van der Waals surface area contributed by atoms with E-state index in [9.17, 15) is 0 Å². The highest BCUT2D eigenvalue weighted by Gasteiger charge is 2.20. The lowest BCUT2D eigenvalue weighted by Crippen LogP contribution is -2.03. The molecular weight excluding hydrogens is 717 g/mol. The molecule has 0 bridgehead atoms. The molecule has 4 heteroatoms. The van der Waals surface area contributed by atoms with Gasteiger partial charge in [0.05, 0.1) is 16.7 Å². The molecule has 0 spiro atoms. The molecule has 0 aliphatic heterocycles. The van der Waals surface area contributed by atoms with E-state index in [1.807, 2.05) is 12.1 Å². The van der Waals surface area contributed by atoms with Crippen molar-refractivity contribution in [2.75, 3.05) is 0 Å². The Morgan fingerprint density at radius 2 is 0.746 bits per heavy atom. The Kier molecular flexibility index (Phi) is 8.45. The van der Waals surface area contributed by atoms with Crippen LogP contribution in [0.5, 0.6) is 0 Å². The Labute approximate surface area is 342 Å². The van der Waals surface area contributed by atoms with Crippen LogP contribution in [0.2, 0.25) is 0 Å². The van der Waals surface area contributed by atoms with Crippen LogP contribution in [0.4, 0.5) is 0 Å². The molecular formula is C55H36N4. The van der Waals surface area contributed by atoms with Gasteiger partial charge in [-0.3, -0.25) is 0 Å². The maximum atomic E-state index is 5.32. The molecule has 4 nitrogen and oxygen atoms in total. The van der Waals surface area contributed by atoms with Crippen molar-refractivity contribution in [3.05, 3.63) is 218 Å². The van der Waals surface area contributed by atoms with Gasteiger partial charge in [-0.15, -0.1) is 0 Å². The standard InChI is InChI=1S/C55H36N4/c1-3-16-37(17-4-1)38-30-32-41(33-31-38)53-56-54(58-55(57-53)49-26-10-9-23-44(49)39-18-5-2-6-19-39)42-34-35-48(45-27-15-21-40-20-7-8-22-43(40)45)52(36-42)59-50-28-13-11-24-46(50)47-25-12-14-29-51(47)59/h1-36H. The molecule has 2 heterocycles. The molecule has 11 aromatic rings. The summed E-state index contributed by atoms with van der Waals surface area (Å²) >= 11 is 0. The summed E-state index contributed by atoms with van der Waals surface area (Å²) in [6.45, 7) is 0. The fourth-order valence-corrected chi connectivity index (χ4v) is 8.47. The Bertz CT molecular complexity index is 3250. The predicted molar refractivity (Wildman–Crippen MR) is 244 cm³/mol. The molecule has 0 aliphatic carbocycles. The number of rotatable bonds is 7. The minimum atomic E-state index is 0.603. The topological polar surface area (TPSA) is 43.6 Å². The second-order valence-corrected chi connectivity index (χ2v) is 14.8. The van der Waals surface area contributed by atoms with Gasteiger partial charge in [0.25, 0.3) is 0 Å². The average Bonchev–Trinajstić information content (AvgIpc) is 3.66. The third-order valence-electron chi connectivity index (χ3n) is 11.3. The highest BCUT2D eigenvalue weighted by atomic mass is 15.0. The Hall–Kier alpha value is -7.95. The Balaban J connectivity index is 1.16. The molecule has 9 aromatic carbocycles. The van der Waals surface area contributed by atoms with E-state index in [-0.39, 0.29) is 0 Å². The zero-order valence-electron chi connectivity index (χ0n) is 32.1. The fourth-order valence-electron chi connectivity index (χ4n) is 8.47. The van der Waals surface area contributed by atoms with Gasteiger partial charge in [0.2, 0.25) is 0 Å². The molecule has 0 amide bonds. The summed E-state index contributed by atoms with van der Waals surface area (Å²) in [7, 11) is 0. The highest BCUT2D eigenvalue weighted by Crippen LogP contribution is 2.41. The predicted octanol–water partition coefficient (Wildman–Crippen LogP) is 14.1. The van der Waals surface area contributed by atoms with Crippen molar-refractivity contribution in [3.8, 4) is 73.2 Å². The largest absolute Gasteiger partial charge is 0.309 e. The van der Waals surface area contributed by atoms with Crippen LogP contribution in [0.3, 0.4) is 0 Å². The second-order valence-electron chi connectivity index (χ2n) is 14.8. The SMILES string of the molecule is c1ccc(-c2ccc(-c3nc(-c4ccc(-c5cccc6ccccc56)c(-n5c6ccccc6c6ccccc65)c4)nc(-c4ccccc4-c4ccccc4)n3)cc2)cc1. The normalized spacial score (nSPS) is 11.4. The van der Waals surface area contributed by atoms with E-state index < -0.39 is 0 Å². The van der Waals surface area contributed by atoms with Gasteiger partial charge in [0.1, 0.15) is 0 Å². The van der Waals surface area contributed by atoms with Crippen LogP contribution in [0.25, 0.3) is 106 Å². The second kappa shape index (κ2) is 14.5. The van der Waals surface area contributed by atoms with Gasteiger partial charge in [-0.05, 0) is 56.8 Å². The van der Waals surface area contributed by atoms with Gasteiger partial charge in [0, 0.05) is 33.0 Å². The molecule has 0 radical (unpaired) electrons. The molecule has 11 rings (SSSR count). The molecule has 0 fully saturated rings. The smallest absolute Gasteiger partial charge is 0.164 e. The Morgan fingerprint density at radius 1 is 0.271 bits per heavy atom. The summed E-state index contributed by atoms with van der Waals surface area (Å²) in [6, 6.07) is 77.0. The first-order valence-electron chi connectivity index (χ1n) is 19.9. The van der Waals surface area contributed by atoms with Crippen molar-refractivity contribution < 1.29 is 0 Å². The van der Waals surface area contributed by atoms with Crippen molar-refractivity contribution in [2.24, 2.45) is 0 Å². The van der Waals surface area contributed by atoms with Crippen molar-refractivity contribution in [2.45, 2.75) is 0 Å². The van der Waals surface area contributed by atoms with Crippen molar-refractivity contribution in [1.29, 1.82) is 0 Å². The van der Waals surface area contributed by atoms with E-state index in [4.69, 9.17) is 15.0 Å². The first-order chi connectivity index (χ1) is 29.3. The van der Waals surface area contributed by atoms with Crippen LogP contribution in [0, 0.1) is 0 Å². The quantitative estimate of drug-likeness (QED) is 0.163. The molecule has 59 heavy (non-hydrogen) atoms. The number of nitrogens with zero attached hydrogens (tertiary/aromatic N) is 4. The minimum Gasteiger partial charge on any atom is -0.309 e. The number of para-hydroxylation sites is 2. The van der Waals surface area contributed by atoms with Gasteiger partial charge in [0.15, 0.2) is 17.5 Å². The molecule has 0 unspecified atom stereocenters. The van der Waals surface area contributed by atoms with Crippen LogP contribution in [0.1, 0.15) is 0 Å². The summed E-state index contributed by atoms with van der Waals surface area (Å²) < 4.78 is 2.40. The Morgan fingerprint density at radius 3 is 1.46 bits per heavy atom. The lowest BCUT2D eigenvalue weighted by Gasteiger charge is -2.18. The monoisotopic (exact) mass is 752 g/mol. The van der Waals surface area contributed by atoms with Crippen LogP contribution >= 0.6 is 0 Å². The molecule has 0 saturated heterocycles. The van der Waals surface area contributed by atoms with Crippen LogP contribution < -0.4 is 0 Å². The molecule has 276 valence electrons. The first-order valence-corrected chi connectivity index (χ1v) is 19.9. The van der Waals surface area contributed by atoms with E-state index in [0.29, 0.717) is 17.5 Å². The average molecular weight is 753 g/mol.